The Balaban J connectivity index is 2.35. The Labute approximate surface area is 121 Å². The Hall–Kier alpha value is -1.35. The summed E-state index contributed by atoms with van der Waals surface area (Å²) in [6.45, 7) is 2.16. The zero-order valence-corrected chi connectivity index (χ0v) is 12.3. The van der Waals surface area contributed by atoms with Crippen molar-refractivity contribution in [3.8, 4) is 11.1 Å². The number of hydrogen-bond donors (Lipinski definition) is 0. The van der Waals surface area contributed by atoms with Crippen LogP contribution in [0.1, 0.15) is 5.56 Å². The maximum atomic E-state index is 2.44. The molecule has 0 aliphatic carbocycles. The van der Waals surface area contributed by atoms with Crippen LogP contribution in [0, 0.1) is 10.5 Å². The molecule has 0 bridgehead atoms. The molecule has 0 radical (unpaired) electrons. The number of hydrogen-bond acceptors (Lipinski definition) is 0. The van der Waals surface area contributed by atoms with E-state index in [1.165, 1.54) is 31.0 Å². The molecule has 18 heavy (non-hydrogen) atoms. The summed E-state index contributed by atoms with van der Waals surface area (Å²) in [5.74, 6) is 0. The van der Waals surface area contributed by atoms with E-state index in [2.05, 4.69) is 90.2 Å². The molecule has 0 amide bonds. The lowest BCUT2D eigenvalue weighted by Crippen LogP contribution is -1.87. The van der Waals surface area contributed by atoms with E-state index in [1.807, 2.05) is 0 Å². The van der Waals surface area contributed by atoms with Crippen molar-refractivity contribution in [3.05, 3.63) is 69.8 Å². The molecule has 0 saturated carbocycles. The van der Waals surface area contributed by atoms with Gasteiger partial charge in [0.05, 0.1) is 0 Å². The molecule has 88 valence electrons. The van der Waals surface area contributed by atoms with Crippen molar-refractivity contribution >= 4 is 33.4 Å². The quantitative estimate of drug-likeness (QED) is 0.517. The van der Waals surface area contributed by atoms with Crippen LogP contribution in [0.4, 0.5) is 0 Å². The number of aryl methyl sites for hydroxylation is 1. The van der Waals surface area contributed by atoms with Gasteiger partial charge in [-0.15, -0.1) is 0 Å². The topological polar surface area (TPSA) is 0 Å². The monoisotopic (exact) mass is 344 g/mol. The van der Waals surface area contributed by atoms with Crippen molar-refractivity contribution in [1.82, 2.24) is 0 Å². The van der Waals surface area contributed by atoms with Gasteiger partial charge in [0.2, 0.25) is 0 Å². The van der Waals surface area contributed by atoms with Crippen LogP contribution in [0.3, 0.4) is 0 Å². The molecule has 3 rings (SSSR count). The molecule has 0 unspecified atom stereocenters. The Kier molecular flexibility index (Phi) is 3.08. The first-order chi connectivity index (χ1) is 8.77. The molecule has 0 N–H and O–H groups in total. The maximum Gasteiger partial charge on any atom is 0.0238 e. The average Bonchev–Trinajstić information content (AvgIpc) is 2.41. The second kappa shape index (κ2) is 4.73. The van der Waals surface area contributed by atoms with Gasteiger partial charge >= 0.3 is 0 Å². The lowest BCUT2D eigenvalue weighted by molar-refractivity contribution is 1.43. The van der Waals surface area contributed by atoms with Gasteiger partial charge < -0.3 is 0 Å². The fourth-order valence-electron chi connectivity index (χ4n) is 2.32. The molecular weight excluding hydrogens is 331 g/mol. The maximum absolute atomic E-state index is 2.44. The third-order valence-electron chi connectivity index (χ3n) is 3.27. The number of benzene rings is 3. The van der Waals surface area contributed by atoms with Gasteiger partial charge in [0.15, 0.2) is 0 Å². The third-order valence-corrected chi connectivity index (χ3v) is 4.70. The lowest BCUT2D eigenvalue weighted by Gasteiger charge is -2.10. The van der Waals surface area contributed by atoms with Crippen LogP contribution in [-0.2, 0) is 0 Å². The summed E-state index contributed by atoms with van der Waals surface area (Å²) < 4.78 is 1.34. The molecule has 0 aromatic heterocycles. The van der Waals surface area contributed by atoms with Gasteiger partial charge in [-0.25, -0.2) is 0 Å². The van der Waals surface area contributed by atoms with Crippen molar-refractivity contribution in [2.24, 2.45) is 0 Å². The summed E-state index contributed by atoms with van der Waals surface area (Å²) in [6.07, 6.45) is 0. The molecule has 0 atom stereocenters. The van der Waals surface area contributed by atoms with Crippen molar-refractivity contribution < 1.29 is 0 Å². The Morgan fingerprint density at radius 3 is 2.28 bits per heavy atom. The molecule has 0 aliphatic rings. The van der Waals surface area contributed by atoms with Crippen LogP contribution in [0.2, 0.25) is 0 Å². The zero-order chi connectivity index (χ0) is 12.5. The molecule has 1 heteroatoms. The van der Waals surface area contributed by atoms with Crippen LogP contribution < -0.4 is 0 Å². The van der Waals surface area contributed by atoms with Crippen LogP contribution in [-0.4, -0.2) is 0 Å². The fourth-order valence-corrected chi connectivity index (χ4v) is 2.97. The summed E-state index contributed by atoms with van der Waals surface area (Å²) >= 11 is 2.44. The highest BCUT2D eigenvalue weighted by Crippen LogP contribution is 2.32. The Bertz CT molecular complexity index is 708. The standard InChI is InChI=1S/C17H13I/c1-12-6-4-11-16(17(12)18)15-10-5-8-13-7-2-3-9-14(13)15/h2-11H,1H3. The molecule has 0 saturated heterocycles. The highest BCUT2D eigenvalue weighted by Gasteiger charge is 2.07. The van der Waals surface area contributed by atoms with Crippen LogP contribution in [0.25, 0.3) is 21.9 Å². The Morgan fingerprint density at radius 1 is 0.722 bits per heavy atom. The smallest absolute Gasteiger partial charge is 0.0238 e. The molecule has 0 nitrogen and oxygen atoms in total. The normalized spacial score (nSPS) is 10.8. The number of fused-ring (bicyclic) bond motifs is 1. The van der Waals surface area contributed by atoms with Crippen molar-refractivity contribution in [3.63, 3.8) is 0 Å². The second-order valence-corrected chi connectivity index (χ2v) is 5.54. The molecule has 0 aliphatic heterocycles. The first-order valence-electron chi connectivity index (χ1n) is 6.00. The highest BCUT2D eigenvalue weighted by atomic mass is 127. The SMILES string of the molecule is Cc1cccc(-c2cccc3ccccc23)c1I. The minimum Gasteiger partial charge on any atom is -0.0616 e. The van der Waals surface area contributed by atoms with Gasteiger partial charge in [-0.05, 0) is 57.0 Å². The van der Waals surface area contributed by atoms with Crippen molar-refractivity contribution in [1.29, 1.82) is 0 Å². The average molecular weight is 344 g/mol. The minimum absolute atomic E-state index is 1.30. The predicted octanol–water partition coefficient (Wildman–Crippen LogP) is 5.42. The second-order valence-electron chi connectivity index (χ2n) is 4.46. The molecular formula is C17H13I. The molecule has 0 spiro atoms. The third kappa shape index (κ3) is 1.93. The summed E-state index contributed by atoms with van der Waals surface area (Å²) in [4.78, 5) is 0. The van der Waals surface area contributed by atoms with Crippen molar-refractivity contribution in [2.75, 3.05) is 0 Å². The molecule has 3 aromatic carbocycles. The number of rotatable bonds is 1. The van der Waals surface area contributed by atoms with Gasteiger partial charge in [-0.2, -0.15) is 0 Å². The van der Waals surface area contributed by atoms with Crippen LogP contribution in [0.5, 0.6) is 0 Å². The van der Waals surface area contributed by atoms with Gasteiger partial charge in [0.25, 0.3) is 0 Å². The van der Waals surface area contributed by atoms with E-state index < -0.39 is 0 Å². The van der Waals surface area contributed by atoms with E-state index in [0.717, 1.165) is 0 Å². The molecule has 3 aromatic rings. The lowest BCUT2D eigenvalue weighted by atomic mass is 9.97. The van der Waals surface area contributed by atoms with Gasteiger partial charge in [-0.1, -0.05) is 60.7 Å². The zero-order valence-electron chi connectivity index (χ0n) is 10.2. The van der Waals surface area contributed by atoms with E-state index >= 15 is 0 Å². The molecule has 0 fully saturated rings. The summed E-state index contributed by atoms with van der Waals surface area (Å²) in [5, 5.41) is 2.62. The predicted molar refractivity (Wildman–Crippen MR) is 86.8 cm³/mol. The van der Waals surface area contributed by atoms with E-state index in [-0.39, 0.29) is 0 Å². The van der Waals surface area contributed by atoms with Crippen molar-refractivity contribution in [2.45, 2.75) is 6.92 Å². The van der Waals surface area contributed by atoms with Crippen LogP contribution in [0.15, 0.2) is 60.7 Å². The van der Waals surface area contributed by atoms with Gasteiger partial charge in [0, 0.05) is 3.57 Å². The fraction of sp³-hybridized carbons (Fsp3) is 0.0588. The van der Waals surface area contributed by atoms with E-state index in [4.69, 9.17) is 0 Å². The van der Waals surface area contributed by atoms with E-state index in [0.29, 0.717) is 0 Å². The summed E-state index contributed by atoms with van der Waals surface area (Å²) in [7, 11) is 0. The largest absolute Gasteiger partial charge is 0.0616 e. The first-order valence-corrected chi connectivity index (χ1v) is 7.08. The van der Waals surface area contributed by atoms with E-state index in [1.54, 1.807) is 0 Å². The summed E-state index contributed by atoms with van der Waals surface area (Å²) in [5.41, 5.74) is 3.98. The van der Waals surface area contributed by atoms with E-state index in [9.17, 15) is 0 Å². The highest BCUT2D eigenvalue weighted by molar-refractivity contribution is 14.1. The molecule has 0 heterocycles. The minimum atomic E-state index is 1.30. The Morgan fingerprint density at radius 2 is 1.39 bits per heavy atom. The van der Waals surface area contributed by atoms with Gasteiger partial charge in [0.1, 0.15) is 0 Å². The van der Waals surface area contributed by atoms with Gasteiger partial charge in [-0.3, -0.25) is 0 Å². The summed E-state index contributed by atoms with van der Waals surface area (Å²) in [6, 6.07) is 21.6. The number of halogens is 1. The van der Waals surface area contributed by atoms with Crippen LogP contribution >= 0.6 is 22.6 Å². The first kappa shape index (κ1) is 11.7.